The third kappa shape index (κ3) is 6.90. The van der Waals surface area contributed by atoms with Crippen LogP contribution in [0.5, 0.6) is 0 Å². The summed E-state index contributed by atoms with van der Waals surface area (Å²) in [4.78, 5) is 7.17. The monoisotopic (exact) mass is 576 g/mol. The van der Waals surface area contributed by atoms with Gasteiger partial charge in [0.1, 0.15) is 11.6 Å². The smallest absolute Gasteiger partial charge is 0.123 e. The molecule has 0 aromatic heterocycles. The average molecular weight is 576 g/mol. The van der Waals surface area contributed by atoms with Crippen LogP contribution in [0.4, 0.5) is 25.8 Å². The fraction of sp³-hybridized carbons (Fsp3) is 0.333. The average Bonchev–Trinajstić information content (AvgIpc) is 2.85. The summed E-state index contributed by atoms with van der Waals surface area (Å²) in [5, 5.41) is 0. The Bertz CT molecular complexity index is 1010. The molecule has 1 saturated heterocycles. The van der Waals surface area contributed by atoms with Crippen LogP contribution in [-0.2, 0) is 6.42 Å². The predicted molar refractivity (Wildman–Crippen MR) is 145 cm³/mol. The summed E-state index contributed by atoms with van der Waals surface area (Å²) in [6.45, 7) is 7.13. The van der Waals surface area contributed by atoms with Crippen molar-refractivity contribution >= 4 is 39.7 Å². The number of anilines is 3. The number of piperazine rings is 1. The summed E-state index contributed by atoms with van der Waals surface area (Å²) < 4.78 is 28.0. The van der Waals surface area contributed by atoms with Crippen molar-refractivity contribution in [1.29, 1.82) is 0 Å². The van der Waals surface area contributed by atoms with E-state index in [2.05, 4.69) is 49.4 Å². The summed E-state index contributed by atoms with van der Waals surface area (Å²) in [7, 11) is 0. The van der Waals surface area contributed by atoms with Crippen molar-refractivity contribution in [3.63, 3.8) is 0 Å². The zero-order valence-corrected chi connectivity index (χ0v) is 21.4. The molecule has 3 aromatic rings. The lowest BCUT2D eigenvalue weighted by Gasteiger charge is -2.35. The lowest BCUT2D eigenvalue weighted by atomic mass is 10.1. The molecule has 7 heteroatoms. The number of hydrogen-bond donors (Lipinski definition) is 1. The first-order chi connectivity index (χ1) is 16.5. The highest BCUT2D eigenvalue weighted by atomic mass is 127. The van der Waals surface area contributed by atoms with Gasteiger partial charge in [-0.15, -0.1) is 0 Å². The van der Waals surface area contributed by atoms with Gasteiger partial charge >= 0.3 is 0 Å². The first-order valence-electron chi connectivity index (χ1n) is 11.8. The molecule has 2 N–H and O–H groups in total. The van der Waals surface area contributed by atoms with Gasteiger partial charge in [0.15, 0.2) is 0 Å². The number of benzene rings is 3. The Labute approximate surface area is 214 Å². The van der Waals surface area contributed by atoms with Gasteiger partial charge in [0.05, 0.1) is 0 Å². The molecule has 0 bridgehead atoms. The molecule has 0 radical (unpaired) electrons. The number of hydrogen-bond acceptors (Lipinski definition) is 4. The van der Waals surface area contributed by atoms with Crippen LogP contribution in [0.25, 0.3) is 0 Å². The van der Waals surface area contributed by atoms with Crippen molar-refractivity contribution in [1.82, 2.24) is 9.80 Å². The normalized spacial score (nSPS) is 14.9. The van der Waals surface area contributed by atoms with E-state index in [1.54, 1.807) is 24.3 Å². The van der Waals surface area contributed by atoms with Crippen molar-refractivity contribution in [2.75, 3.05) is 56.4 Å². The van der Waals surface area contributed by atoms with Crippen LogP contribution in [0.3, 0.4) is 0 Å². The Morgan fingerprint density at radius 1 is 0.765 bits per heavy atom. The Hall–Kier alpha value is -2.23. The second kappa shape index (κ2) is 12.0. The fourth-order valence-electron chi connectivity index (χ4n) is 4.35. The minimum atomic E-state index is -0.258. The summed E-state index contributed by atoms with van der Waals surface area (Å²) in [6, 6.07) is 19.3. The van der Waals surface area contributed by atoms with Gasteiger partial charge in [0, 0.05) is 59.9 Å². The molecule has 3 aromatic carbocycles. The van der Waals surface area contributed by atoms with Crippen molar-refractivity contribution in [3.8, 4) is 0 Å². The van der Waals surface area contributed by atoms with E-state index in [1.165, 1.54) is 29.8 Å². The molecule has 0 amide bonds. The molecular formula is C27H31F2IN4. The Kier molecular flexibility index (Phi) is 8.74. The zero-order chi connectivity index (χ0) is 23.9. The number of halogens is 3. The van der Waals surface area contributed by atoms with Gasteiger partial charge in [0.25, 0.3) is 0 Å². The molecule has 0 saturated carbocycles. The van der Waals surface area contributed by atoms with Crippen molar-refractivity contribution in [3.05, 3.63) is 87.5 Å². The minimum Gasteiger partial charge on any atom is -0.398 e. The highest BCUT2D eigenvalue weighted by Crippen LogP contribution is 2.26. The maximum Gasteiger partial charge on any atom is 0.123 e. The molecule has 1 heterocycles. The molecule has 0 atom stereocenters. The van der Waals surface area contributed by atoms with E-state index >= 15 is 0 Å². The van der Waals surface area contributed by atoms with Crippen molar-refractivity contribution in [2.24, 2.45) is 0 Å². The van der Waals surface area contributed by atoms with Gasteiger partial charge in [0.2, 0.25) is 0 Å². The number of nitrogens with zero attached hydrogens (tertiary/aromatic N) is 3. The molecule has 0 spiro atoms. The summed E-state index contributed by atoms with van der Waals surface area (Å²) in [6.07, 6.45) is 2.01. The Morgan fingerprint density at radius 3 is 1.82 bits per heavy atom. The number of nitrogen functional groups attached to an aromatic ring is 1. The van der Waals surface area contributed by atoms with Crippen LogP contribution in [-0.4, -0.2) is 55.6 Å². The van der Waals surface area contributed by atoms with Gasteiger partial charge in [-0.1, -0.05) is 6.07 Å². The second-order valence-electron chi connectivity index (χ2n) is 8.75. The van der Waals surface area contributed by atoms with Crippen LogP contribution in [0.15, 0.2) is 66.7 Å². The topological polar surface area (TPSA) is 35.7 Å². The molecule has 180 valence electrons. The number of nitrogens with two attached hydrogens (primary N) is 1. The highest BCUT2D eigenvalue weighted by molar-refractivity contribution is 14.1. The van der Waals surface area contributed by atoms with Crippen LogP contribution in [0, 0.1) is 15.2 Å². The van der Waals surface area contributed by atoms with E-state index in [1.807, 2.05) is 6.07 Å². The first-order valence-corrected chi connectivity index (χ1v) is 12.8. The molecule has 4 rings (SSSR count). The van der Waals surface area contributed by atoms with Crippen LogP contribution >= 0.6 is 22.6 Å². The van der Waals surface area contributed by atoms with E-state index in [0.29, 0.717) is 0 Å². The first kappa shape index (κ1) is 24.9. The zero-order valence-electron chi connectivity index (χ0n) is 19.3. The third-order valence-electron chi connectivity index (χ3n) is 6.38. The van der Waals surface area contributed by atoms with Gasteiger partial charge < -0.3 is 20.4 Å². The van der Waals surface area contributed by atoms with Gasteiger partial charge in [-0.25, -0.2) is 8.78 Å². The van der Waals surface area contributed by atoms with Crippen molar-refractivity contribution < 1.29 is 8.78 Å². The lowest BCUT2D eigenvalue weighted by molar-refractivity contribution is 0.133. The number of rotatable bonds is 9. The largest absolute Gasteiger partial charge is 0.398 e. The summed E-state index contributed by atoms with van der Waals surface area (Å²) in [5.41, 5.74) is 9.93. The van der Waals surface area contributed by atoms with Crippen LogP contribution < -0.4 is 10.6 Å². The fourth-order valence-corrected chi connectivity index (χ4v) is 4.93. The van der Waals surface area contributed by atoms with Crippen LogP contribution in [0.1, 0.15) is 12.0 Å². The summed E-state index contributed by atoms with van der Waals surface area (Å²) >= 11 is 2.29. The quantitative estimate of drug-likeness (QED) is 0.268. The van der Waals surface area contributed by atoms with Crippen LogP contribution in [0.2, 0.25) is 0 Å². The minimum absolute atomic E-state index is 0.258. The van der Waals surface area contributed by atoms with E-state index in [9.17, 15) is 8.78 Å². The van der Waals surface area contributed by atoms with Gasteiger partial charge in [-0.2, -0.15) is 0 Å². The molecule has 4 nitrogen and oxygen atoms in total. The van der Waals surface area contributed by atoms with E-state index in [4.69, 9.17) is 5.73 Å². The lowest BCUT2D eigenvalue weighted by Crippen LogP contribution is -2.47. The Morgan fingerprint density at radius 2 is 1.29 bits per heavy atom. The third-order valence-corrected chi connectivity index (χ3v) is 7.31. The predicted octanol–water partition coefficient (Wildman–Crippen LogP) is 5.54. The molecule has 1 aliphatic heterocycles. The molecular weight excluding hydrogens is 545 g/mol. The maximum absolute atomic E-state index is 13.4. The second-order valence-corrected chi connectivity index (χ2v) is 9.91. The highest BCUT2D eigenvalue weighted by Gasteiger charge is 2.17. The van der Waals surface area contributed by atoms with Gasteiger partial charge in [-0.3, -0.25) is 0 Å². The molecule has 1 fully saturated rings. The summed E-state index contributed by atoms with van der Waals surface area (Å²) in [5.74, 6) is -0.515. The van der Waals surface area contributed by atoms with E-state index < -0.39 is 0 Å². The molecule has 1 aliphatic rings. The molecule has 0 aliphatic carbocycles. The van der Waals surface area contributed by atoms with Crippen molar-refractivity contribution in [2.45, 2.75) is 12.8 Å². The SMILES string of the molecule is Nc1ccc(CCN2CCN(CCCN(c3ccc(F)cc3)c3ccc(F)cc3)CC2)cc1I. The molecule has 34 heavy (non-hydrogen) atoms. The van der Waals surface area contributed by atoms with E-state index in [-0.39, 0.29) is 11.6 Å². The van der Waals surface area contributed by atoms with Gasteiger partial charge in [-0.05, 0) is 108 Å². The standard InChI is InChI=1S/C27H31F2IN4/c28-22-3-7-24(8-4-22)34(25-9-5-23(29)6-10-25)14-1-13-32-16-18-33(19-17-32)15-12-21-2-11-27(31)26(30)20-21/h2-11,20H,1,12-19,31H2. The molecule has 0 unspecified atom stereocenters. The Balaban J connectivity index is 1.25. The maximum atomic E-state index is 13.4. The van der Waals surface area contributed by atoms with E-state index in [0.717, 1.165) is 79.3 Å².